The molecule has 9 nitrogen and oxygen atoms in total. The largest absolute Gasteiger partial charge is 0.394 e. The lowest BCUT2D eigenvalue weighted by molar-refractivity contribution is -0.150. The Morgan fingerprint density at radius 1 is 1.12 bits per heavy atom. The van der Waals surface area contributed by atoms with Crippen molar-refractivity contribution in [3.05, 3.63) is 0 Å². The number of nitrogens with zero attached hydrogens (tertiary/aromatic N) is 1. The van der Waals surface area contributed by atoms with Gasteiger partial charge >= 0.3 is 0 Å². The third kappa shape index (κ3) is 5.68. The van der Waals surface area contributed by atoms with Gasteiger partial charge in [-0.3, -0.25) is 14.9 Å². The lowest BCUT2D eigenvalue weighted by Crippen LogP contribution is -2.52. The molecular weight excluding hydrogens is 236 g/mol. The number of amides is 2. The van der Waals surface area contributed by atoms with Gasteiger partial charge in [0.05, 0.1) is 6.61 Å². The Morgan fingerprint density at radius 3 is 1.94 bits per heavy atom. The third-order valence-electron chi connectivity index (χ3n) is 1.82. The molecule has 17 heavy (non-hydrogen) atoms. The van der Waals surface area contributed by atoms with E-state index in [0.717, 1.165) is 6.92 Å². The molecule has 0 aliphatic rings. The van der Waals surface area contributed by atoms with Crippen molar-refractivity contribution in [3.63, 3.8) is 0 Å². The molecule has 6 N–H and O–H groups in total. The Bertz CT molecular complexity index is 260. The van der Waals surface area contributed by atoms with E-state index in [1.54, 1.807) is 5.32 Å². The Morgan fingerprint density at radius 2 is 1.59 bits per heavy atom. The summed E-state index contributed by atoms with van der Waals surface area (Å²) < 4.78 is 0. The van der Waals surface area contributed by atoms with Gasteiger partial charge < -0.3 is 25.5 Å². The van der Waals surface area contributed by atoms with Crippen molar-refractivity contribution in [3.8, 4) is 0 Å². The van der Waals surface area contributed by atoms with E-state index in [1.807, 2.05) is 0 Å². The molecule has 0 unspecified atom stereocenters. The molecule has 9 heteroatoms. The van der Waals surface area contributed by atoms with Crippen molar-refractivity contribution in [1.29, 1.82) is 0 Å². The van der Waals surface area contributed by atoms with Gasteiger partial charge in [-0.1, -0.05) is 0 Å². The standard InChI is InChI=1S/C8H15NO7.N/c1-3(11)9-8(16)7(15)6(14)5(13)4(12)2-10;/h4-7,10,12-15H,2H2,1H3,(H,9,11,16);/t4-,5+,6+,7-;/m1./s1. The monoisotopic (exact) mass is 251 g/mol. The summed E-state index contributed by atoms with van der Waals surface area (Å²) in [4.78, 5) is 21.5. The fourth-order valence-corrected chi connectivity index (χ4v) is 0.925. The van der Waals surface area contributed by atoms with Crippen LogP contribution in [0.2, 0.25) is 0 Å². The highest BCUT2D eigenvalue weighted by Gasteiger charge is 2.34. The molecular formula is C8H15N2O7. The van der Waals surface area contributed by atoms with Crippen molar-refractivity contribution in [1.82, 2.24) is 11.5 Å². The number of nitrogens with one attached hydrogen (secondary N) is 1. The minimum atomic E-state index is -2.08. The molecule has 0 saturated carbocycles. The first kappa shape index (κ1) is 18.3. The average molecular weight is 251 g/mol. The first-order chi connectivity index (χ1) is 7.31. The van der Waals surface area contributed by atoms with Crippen molar-refractivity contribution in [2.45, 2.75) is 31.3 Å². The predicted molar refractivity (Wildman–Crippen MR) is 52.1 cm³/mol. The van der Waals surface area contributed by atoms with Gasteiger partial charge in [0.2, 0.25) is 5.91 Å². The first-order valence-corrected chi connectivity index (χ1v) is 4.45. The first-order valence-electron chi connectivity index (χ1n) is 4.45. The normalized spacial score (nSPS) is 17.3. The number of aliphatic hydroxyl groups excluding tert-OH is 5. The van der Waals surface area contributed by atoms with Crippen LogP contribution in [0.25, 0.3) is 0 Å². The third-order valence-corrected chi connectivity index (χ3v) is 1.82. The molecule has 99 valence electrons. The van der Waals surface area contributed by atoms with Gasteiger partial charge in [-0.05, 0) is 0 Å². The molecule has 4 atom stereocenters. The highest BCUT2D eigenvalue weighted by molar-refractivity contribution is 5.96. The molecule has 0 heterocycles. The number of carbonyl (C=O) groups excluding carboxylic acids is 2. The van der Waals surface area contributed by atoms with Gasteiger partial charge in [0.1, 0.15) is 18.3 Å². The van der Waals surface area contributed by atoms with E-state index in [1.165, 1.54) is 0 Å². The molecule has 0 saturated heterocycles. The summed E-state index contributed by atoms with van der Waals surface area (Å²) in [7, 11) is 0. The smallest absolute Gasteiger partial charge is 0.258 e. The van der Waals surface area contributed by atoms with Crippen molar-refractivity contribution < 1.29 is 35.1 Å². The van der Waals surface area contributed by atoms with Crippen LogP contribution >= 0.6 is 0 Å². The Hall–Kier alpha value is -1.10. The lowest BCUT2D eigenvalue weighted by atomic mass is 10.0. The van der Waals surface area contributed by atoms with E-state index in [4.69, 9.17) is 15.3 Å². The van der Waals surface area contributed by atoms with E-state index < -0.39 is 42.8 Å². The highest BCUT2D eigenvalue weighted by Crippen LogP contribution is 2.05. The van der Waals surface area contributed by atoms with Crippen LogP contribution in [-0.4, -0.2) is 68.4 Å². The van der Waals surface area contributed by atoms with Crippen LogP contribution in [0.5, 0.6) is 0 Å². The van der Waals surface area contributed by atoms with Crippen molar-refractivity contribution in [2.24, 2.45) is 0 Å². The molecule has 0 aromatic heterocycles. The van der Waals surface area contributed by atoms with E-state index in [-0.39, 0.29) is 6.15 Å². The minimum Gasteiger partial charge on any atom is -0.394 e. The summed E-state index contributed by atoms with van der Waals surface area (Å²) in [6, 6.07) is 0. The van der Waals surface area contributed by atoms with Crippen LogP contribution in [0, 0.1) is 0 Å². The Balaban J connectivity index is 0. The average Bonchev–Trinajstić information content (AvgIpc) is 2.23. The fourth-order valence-electron chi connectivity index (χ4n) is 0.925. The maximum atomic E-state index is 11.0. The summed E-state index contributed by atoms with van der Waals surface area (Å²) in [5.74, 6) is -1.95. The zero-order chi connectivity index (χ0) is 12.9. The second kappa shape index (κ2) is 8.06. The van der Waals surface area contributed by atoms with E-state index in [2.05, 4.69) is 0 Å². The van der Waals surface area contributed by atoms with Crippen LogP contribution in [-0.2, 0) is 9.59 Å². The maximum Gasteiger partial charge on any atom is 0.258 e. The van der Waals surface area contributed by atoms with Crippen molar-refractivity contribution in [2.75, 3.05) is 6.61 Å². The van der Waals surface area contributed by atoms with Gasteiger partial charge in [0, 0.05) is 13.1 Å². The number of hydrogen-bond donors (Lipinski definition) is 6. The van der Waals surface area contributed by atoms with Crippen LogP contribution in [0.4, 0.5) is 0 Å². The second-order valence-corrected chi connectivity index (χ2v) is 3.22. The SMILES string of the molecule is CC(=O)NC(=O)[C@H](O)[C@@H](O)[C@@H](O)[C@H](O)CO.[N]. The summed E-state index contributed by atoms with van der Waals surface area (Å²) in [6.45, 7) is 0.176. The summed E-state index contributed by atoms with van der Waals surface area (Å²) in [6.07, 6.45) is -7.70. The van der Waals surface area contributed by atoms with Crippen LogP contribution in [0.3, 0.4) is 0 Å². The molecule has 2 amide bonds. The minimum absolute atomic E-state index is 0. The zero-order valence-electron chi connectivity index (χ0n) is 9.02. The molecule has 0 aromatic carbocycles. The van der Waals surface area contributed by atoms with E-state index in [9.17, 15) is 19.8 Å². The highest BCUT2D eigenvalue weighted by atomic mass is 16.4. The van der Waals surface area contributed by atoms with Gasteiger partial charge in [-0.15, -0.1) is 0 Å². The molecule has 0 spiro atoms. The summed E-state index contributed by atoms with van der Waals surface area (Å²) in [5, 5.41) is 46.7. The van der Waals surface area contributed by atoms with Gasteiger partial charge in [-0.25, -0.2) is 0 Å². The van der Waals surface area contributed by atoms with Gasteiger partial charge in [0.15, 0.2) is 6.10 Å². The zero-order valence-corrected chi connectivity index (χ0v) is 9.02. The van der Waals surface area contributed by atoms with Crippen molar-refractivity contribution >= 4 is 11.8 Å². The number of aliphatic hydroxyl groups is 5. The second-order valence-electron chi connectivity index (χ2n) is 3.22. The molecule has 0 aliphatic carbocycles. The molecule has 0 rings (SSSR count). The van der Waals surface area contributed by atoms with Gasteiger partial charge in [0.25, 0.3) is 5.91 Å². The number of hydrogen-bond acceptors (Lipinski definition) is 7. The van der Waals surface area contributed by atoms with Crippen LogP contribution in [0.15, 0.2) is 0 Å². The Kier molecular flexibility index (Phi) is 8.66. The van der Waals surface area contributed by atoms with Crippen LogP contribution in [0.1, 0.15) is 6.92 Å². The number of imide groups is 1. The molecule has 3 radical (unpaired) electrons. The topological polar surface area (TPSA) is 178 Å². The fraction of sp³-hybridized carbons (Fsp3) is 0.750. The van der Waals surface area contributed by atoms with E-state index in [0.29, 0.717) is 0 Å². The number of carbonyl (C=O) groups is 2. The summed E-state index contributed by atoms with van der Waals surface area (Å²) >= 11 is 0. The maximum absolute atomic E-state index is 11.0. The lowest BCUT2D eigenvalue weighted by Gasteiger charge is -2.24. The predicted octanol–water partition coefficient (Wildman–Crippen LogP) is -4.40. The molecule has 0 fully saturated rings. The summed E-state index contributed by atoms with van der Waals surface area (Å²) in [5.41, 5.74) is 0. The quantitative estimate of drug-likeness (QED) is 0.285. The molecule has 0 bridgehead atoms. The molecule has 0 aliphatic heterocycles. The van der Waals surface area contributed by atoms with Crippen LogP contribution < -0.4 is 11.5 Å². The number of rotatable bonds is 5. The van der Waals surface area contributed by atoms with E-state index >= 15 is 0 Å². The molecule has 0 aromatic rings. The Labute approximate surface area is 97.3 Å². The van der Waals surface area contributed by atoms with Gasteiger partial charge in [-0.2, -0.15) is 0 Å².